The Bertz CT molecular complexity index is 1100. The fourth-order valence-electron chi connectivity index (χ4n) is 3.91. The number of fused-ring (bicyclic) bond motifs is 1. The first-order valence-corrected chi connectivity index (χ1v) is 10.6. The smallest absolute Gasteiger partial charge is 0.288 e. The Kier molecular flexibility index (Phi) is 6.57. The third-order valence-electron chi connectivity index (χ3n) is 5.91. The van der Waals surface area contributed by atoms with Crippen molar-refractivity contribution in [1.29, 1.82) is 0 Å². The highest BCUT2D eigenvalue weighted by atomic mass is 16.7. The summed E-state index contributed by atoms with van der Waals surface area (Å²) in [6.07, 6.45) is -4.48. The lowest BCUT2D eigenvalue weighted by atomic mass is 9.96. The van der Waals surface area contributed by atoms with Crippen LogP contribution in [-0.4, -0.2) is 79.2 Å². The lowest BCUT2D eigenvalue weighted by molar-refractivity contribution is -0.385. The number of imidazole rings is 1. The predicted octanol–water partition coefficient (Wildman–Crippen LogP) is 0.154. The fraction of sp³-hybridized carbons (Fsp3) is 0.435. The highest BCUT2D eigenvalue weighted by molar-refractivity contribution is 5.84. The molecule has 10 heteroatoms. The van der Waals surface area contributed by atoms with E-state index in [0.29, 0.717) is 23.3 Å². The van der Waals surface area contributed by atoms with Crippen molar-refractivity contribution < 1.29 is 39.7 Å². The topological polar surface area (TPSA) is 147 Å². The van der Waals surface area contributed by atoms with Crippen molar-refractivity contribution in [2.45, 2.75) is 50.3 Å². The molecule has 3 aromatic rings. The average Bonchev–Trinajstić information content (AvgIpc) is 3.23. The van der Waals surface area contributed by atoms with Crippen LogP contribution >= 0.6 is 0 Å². The molecule has 0 radical (unpaired) electrons. The van der Waals surface area contributed by atoms with Gasteiger partial charge in [-0.25, -0.2) is 4.98 Å². The molecular formula is C23H28N2O8. The Morgan fingerprint density at radius 3 is 2.45 bits per heavy atom. The summed E-state index contributed by atoms with van der Waals surface area (Å²) in [5.74, 6) is -2.30. The second kappa shape index (κ2) is 9.26. The number of methoxy groups -OCH3 is 1. The van der Waals surface area contributed by atoms with Gasteiger partial charge in [-0.3, -0.25) is 0 Å². The van der Waals surface area contributed by atoms with E-state index in [1.165, 1.54) is 18.7 Å². The molecule has 2 aromatic carbocycles. The Morgan fingerprint density at radius 1 is 1.12 bits per heavy atom. The zero-order chi connectivity index (χ0) is 23.8. The largest absolute Gasteiger partial charge is 0.497 e. The highest BCUT2D eigenvalue weighted by Crippen LogP contribution is 2.37. The summed E-state index contributed by atoms with van der Waals surface area (Å²) in [4.78, 5) is 4.39. The maximum atomic E-state index is 11.0. The van der Waals surface area contributed by atoms with Gasteiger partial charge >= 0.3 is 0 Å². The molecule has 5 N–H and O–H groups in total. The Labute approximate surface area is 190 Å². The number of ether oxygens (including phenoxy) is 3. The number of nitrogens with zero attached hydrogens (tertiary/aromatic N) is 2. The Balaban J connectivity index is 1.73. The van der Waals surface area contributed by atoms with Crippen molar-refractivity contribution in [3.05, 3.63) is 53.9 Å². The molecule has 1 aromatic heterocycles. The van der Waals surface area contributed by atoms with Crippen LogP contribution in [0.1, 0.15) is 18.1 Å². The number of aromatic nitrogens is 2. The van der Waals surface area contributed by atoms with Gasteiger partial charge in [-0.1, -0.05) is 31.2 Å². The van der Waals surface area contributed by atoms with Crippen LogP contribution in [0.5, 0.6) is 11.5 Å². The molecule has 0 amide bonds. The molecule has 0 spiro atoms. The van der Waals surface area contributed by atoms with Crippen molar-refractivity contribution in [2.75, 3.05) is 13.7 Å². The summed E-state index contributed by atoms with van der Waals surface area (Å²) in [5.41, 5.74) is 3.19. The summed E-state index contributed by atoms with van der Waals surface area (Å²) in [7, 11) is 1.45. The molecule has 1 fully saturated rings. The first-order chi connectivity index (χ1) is 15.8. The molecule has 0 saturated carbocycles. The lowest BCUT2D eigenvalue weighted by Gasteiger charge is -2.45. The summed E-state index contributed by atoms with van der Waals surface area (Å²) in [6, 6.07) is 11.3. The van der Waals surface area contributed by atoms with Crippen molar-refractivity contribution in [3.63, 3.8) is 0 Å². The maximum Gasteiger partial charge on any atom is 0.288 e. The van der Waals surface area contributed by atoms with Crippen LogP contribution in [0, 0.1) is 0 Å². The minimum Gasteiger partial charge on any atom is -0.497 e. The molecule has 4 rings (SSSR count). The molecule has 1 aliphatic rings. The quantitative estimate of drug-likeness (QED) is 0.311. The number of rotatable bonds is 7. The van der Waals surface area contributed by atoms with Crippen LogP contribution < -0.4 is 9.47 Å². The van der Waals surface area contributed by atoms with Crippen LogP contribution in [0.25, 0.3) is 11.0 Å². The van der Waals surface area contributed by atoms with Crippen molar-refractivity contribution >= 4 is 11.0 Å². The van der Waals surface area contributed by atoms with E-state index in [2.05, 4.69) is 11.9 Å². The van der Waals surface area contributed by atoms with Crippen molar-refractivity contribution in [1.82, 2.24) is 9.55 Å². The van der Waals surface area contributed by atoms with E-state index >= 15 is 0 Å². The number of aryl methyl sites for hydroxylation is 1. The van der Waals surface area contributed by atoms with Gasteiger partial charge in [0.15, 0.2) is 11.9 Å². The molecule has 1 saturated heterocycles. The molecule has 1 aliphatic heterocycles. The summed E-state index contributed by atoms with van der Waals surface area (Å²) < 4.78 is 17.9. The second-order valence-electron chi connectivity index (χ2n) is 8.03. The normalized spacial score (nSPS) is 27.6. The van der Waals surface area contributed by atoms with E-state index in [4.69, 9.17) is 14.2 Å². The van der Waals surface area contributed by atoms with Gasteiger partial charge in [0.2, 0.25) is 6.29 Å². The van der Waals surface area contributed by atoms with Crippen LogP contribution in [0.2, 0.25) is 0 Å². The zero-order valence-electron chi connectivity index (χ0n) is 18.3. The van der Waals surface area contributed by atoms with Gasteiger partial charge in [0, 0.05) is 18.7 Å². The monoisotopic (exact) mass is 460 g/mol. The molecular weight excluding hydrogens is 432 g/mol. The number of aliphatic hydroxyl groups excluding tert-OH is 4. The molecule has 33 heavy (non-hydrogen) atoms. The Morgan fingerprint density at radius 2 is 1.82 bits per heavy atom. The van der Waals surface area contributed by atoms with Gasteiger partial charge in [0.25, 0.3) is 5.79 Å². The van der Waals surface area contributed by atoms with E-state index in [0.717, 1.165) is 12.0 Å². The van der Waals surface area contributed by atoms with E-state index in [-0.39, 0.29) is 5.75 Å². The van der Waals surface area contributed by atoms with E-state index in [9.17, 15) is 25.5 Å². The first kappa shape index (κ1) is 23.4. The predicted molar refractivity (Wildman–Crippen MR) is 117 cm³/mol. The summed E-state index contributed by atoms with van der Waals surface area (Å²) in [6.45, 7) is 1.86. The SMILES string of the molecule is CCc1ccc(Cn2cnc3cc(OC)cc(O[C@]4(O)C(O)O[C@H](CO)[C@@H](O)[C@@H]4O)c32)cc1. The molecule has 1 unspecified atom stereocenters. The molecule has 2 heterocycles. The Hall–Kier alpha value is -2.73. The minimum atomic E-state index is -2.72. The average molecular weight is 460 g/mol. The number of benzene rings is 2. The maximum absolute atomic E-state index is 11.0. The molecule has 5 atom stereocenters. The number of aliphatic hydroxyl groups is 5. The zero-order valence-corrected chi connectivity index (χ0v) is 18.3. The van der Waals surface area contributed by atoms with E-state index in [1.54, 1.807) is 17.0 Å². The lowest BCUT2D eigenvalue weighted by Crippen LogP contribution is -2.69. The van der Waals surface area contributed by atoms with Gasteiger partial charge in [-0.15, -0.1) is 0 Å². The van der Waals surface area contributed by atoms with E-state index < -0.39 is 37.0 Å². The van der Waals surface area contributed by atoms with Gasteiger partial charge in [0.05, 0.1) is 25.6 Å². The van der Waals surface area contributed by atoms with E-state index in [1.807, 2.05) is 24.3 Å². The van der Waals surface area contributed by atoms with Crippen molar-refractivity contribution in [2.24, 2.45) is 0 Å². The fourth-order valence-corrected chi connectivity index (χ4v) is 3.91. The van der Waals surface area contributed by atoms with Gasteiger partial charge in [-0.05, 0) is 17.5 Å². The van der Waals surface area contributed by atoms with Crippen molar-refractivity contribution in [3.8, 4) is 11.5 Å². The number of hydrogen-bond acceptors (Lipinski definition) is 9. The van der Waals surface area contributed by atoms with Gasteiger partial charge < -0.3 is 44.3 Å². The number of hydrogen-bond donors (Lipinski definition) is 5. The second-order valence-corrected chi connectivity index (χ2v) is 8.03. The third-order valence-corrected chi connectivity index (χ3v) is 5.91. The molecule has 178 valence electrons. The molecule has 0 aliphatic carbocycles. The van der Waals surface area contributed by atoms with Crippen LogP contribution in [0.4, 0.5) is 0 Å². The highest BCUT2D eigenvalue weighted by Gasteiger charge is 2.57. The third kappa shape index (κ3) is 4.29. The first-order valence-electron chi connectivity index (χ1n) is 10.6. The standard InChI is InChI=1S/C23H28N2O8/c1-3-13-4-6-14(7-5-13)10-25-12-24-16-8-15(31-2)9-17(19(16)25)33-23(30)21(28)20(27)18(11-26)32-22(23)29/h4-9,12,18,20-22,26-30H,3,10-11H2,1-2H3/t18-,20-,21+,22?,23+/m1/s1. The van der Waals surface area contributed by atoms with Gasteiger partial charge in [-0.2, -0.15) is 0 Å². The summed E-state index contributed by atoms with van der Waals surface area (Å²) >= 11 is 0. The summed E-state index contributed by atoms with van der Waals surface area (Å²) in [5, 5.41) is 51.3. The van der Waals surface area contributed by atoms with Crippen LogP contribution in [0.15, 0.2) is 42.7 Å². The van der Waals surface area contributed by atoms with Gasteiger partial charge in [0.1, 0.15) is 23.5 Å². The molecule has 0 bridgehead atoms. The molecule has 10 nitrogen and oxygen atoms in total. The minimum absolute atomic E-state index is 0.0471. The van der Waals surface area contributed by atoms with Crippen LogP contribution in [0.3, 0.4) is 0 Å². The van der Waals surface area contributed by atoms with Crippen LogP contribution in [-0.2, 0) is 17.7 Å².